The number of aryl methyl sites for hydroxylation is 2. The number of ether oxygens (including phenoxy) is 2. The molecule has 0 saturated carbocycles. The minimum Gasteiger partial charge on any atom is -0.493 e. The third-order valence-electron chi connectivity index (χ3n) is 6.33. The third-order valence-corrected chi connectivity index (χ3v) is 6.33. The van der Waals surface area contributed by atoms with Crippen molar-refractivity contribution in [1.82, 2.24) is 5.32 Å². The molecule has 190 valence electrons. The molecule has 1 N–H and O–H groups in total. The second-order valence-corrected chi connectivity index (χ2v) is 9.14. The molecule has 1 saturated heterocycles. The Morgan fingerprint density at radius 1 is 0.842 bits per heavy atom. The lowest BCUT2D eigenvalue weighted by Gasteiger charge is -2.27. The molecule has 4 aromatic carbocycles. The van der Waals surface area contributed by atoms with Crippen molar-refractivity contribution in [2.45, 2.75) is 20.5 Å². The van der Waals surface area contributed by atoms with Crippen LogP contribution in [0.2, 0.25) is 0 Å². The van der Waals surface area contributed by atoms with Gasteiger partial charge in [0.25, 0.3) is 11.8 Å². The zero-order valence-electron chi connectivity index (χ0n) is 21.3. The lowest BCUT2D eigenvalue weighted by molar-refractivity contribution is -0.122. The molecule has 7 nitrogen and oxygen atoms in total. The van der Waals surface area contributed by atoms with Gasteiger partial charge in [-0.15, -0.1) is 0 Å². The van der Waals surface area contributed by atoms with Gasteiger partial charge in [-0.25, -0.2) is 9.69 Å². The molecule has 7 heteroatoms. The molecule has 5 rings (SSSR count). The second-order valence-electron chi connectivity index (χ2n) is 9.14. The van der Waals surface area contributed by atoms with Crippen molar-refractivity contribution < 1.29 is 23.9 Å². The van der Waals surface area contributed by atoms with Gasteiger partial charge in [0.15, 0.2) is 11.5 Å². The molecule has 0 atom stereocenters. The van der Waals surface area contributed by atoms with Gasteiger partial charge in [0.2, 0.25) is 0 Å². The number of urea groups is 1. The first kappa shape index (κ1) is 24.8. The second kappa shape index (κ2) is 10.2. The summed E-state index contributed by atoms with van der Waals surface area (Å²) in [4.78, 5) is 39.4. The Morgan fingerprint density at radius 3 is 2.34 bits per heavy atom. The maximum atomic E-state index is 13.3. The molecule has 0 aromatic heterocycles. The fraction of sp³-hybridized carbons (Fsp3) is 0.129. The van der Waals surface area contributed by atoms with Crippen molar-refractivity contribution in [2.24, 2.45) is 0 Å². The van der Waals surface area contributed by atoms with Gasteiger partial charge in [-0.1, -0.05) is 54.6 Å². The molecule has 0 bridgehead atoms. The van der Waals surface area contributed by atoms with Gasteiger partial charge in [0, 0.05) is 0 Å². The van der Waals surface area contributed by atoms with Crippen LogP contribution in [0.5, 0.6) is 11.5 Å². The number of carbonyl (C=O) groups excluding carboxylic acids is 3. The Bertz CT molecular complexity index is 1600. The van der Waals surface area contributed by atoms with Crippen LogP contribution in [0.15, 0.2) is 84.4 Å². The first-order valence-corrected chi connectivity index (χ1v) is 12.1. The Kier molecular flexibility index (Phi) is 6.66. The maximum absolute atomic E-state index is 13.3. The van der Waals surface area contributed by atoms with Crippen molar-refractivity contribution in [3.05, 3.63) is 107 Å². The van der Waals surface area contributed by atoms with E-state index in [1.165, 1.54) is 13.2 Å². The van der Waals surface area contributed by atoms with E-state index in [0.29, 0.717) is 29.4 Å². The maximum Gasteiger partial charge on any atom is 0.335 e. The number of anilines is 1. The normalized spacial score (nSPS) is 14.7. The summed E-state index contributed by atoms with van der Waals surface area (Å²) < 4.78 is 11.6. The van der Waals surface area contributed by atoms with E-state index >= 15 is 0 Å². The van der Waals surface area contributed by atoms with Crippen molar-refractivity contribution in [3.8, 4) is 11.5 Å². The summed E-state index contributed by atoms with van der Waals surface area (Å²) in [6, 6.07) is 23.9. The Balaban J connectivity index is 1.41. The highest BCUT2D eigenvalue weighted by Crippen LogP contribution is 2.31. The van der Waals surface area contributed by atoms with E-state index in [0.717, 1.165) is 32.4 Å². The third kappa shape index (κ3) is 4.86. The van der Waals surface area contributed by atoms with Crippen LogP contribution < -0.4 is 19.7 Å². The van der Waals surface area contributed by atoms with E-state index in [1.54, 1.807) is 30.3 Å². The minimum atomic E-state index is -0.781. The van der Waals surface area contributed by atoms with E-state index in [1.807, 2.05) is 44.2 Å². The number of fused-ring (bicyclic) bond motifs is 1. The molecule has 0 spiro atoms. The van der Waals surface area contributed by atoms with Crippen LogP contribution in [-0.4, -0.2) is 25.0 Å². The van der Waals surface area contributed by atoms with Crippen LogP contribution in [0.25, 0.3) is 16.8 Å². The van der Waals surface area contributed by atoms with Crippen LogP contribution in [0.1, 0.15) is 22.3 Å². The number of methoxy groups -OCH3 is 1. The Morgan fingerprint density at radius 2 is 1.58 bits per heavy atom. The van der Waals surface area contributed by atoms with E-state index in [9.17, 15) is 14.4 Å². The standard InChI is InChI=1S/C31H26N2O5/c1-19-13-20(2)15-24(14-19)33-30(35)26(29(34)32-31(33)36)16-21-11-12-27(28(17-21)37-3)38-18-23-9-6-8-22-7-4-5-10-25(22)23/h4-17H,18H2,1-3H3,(H,32,34,36)/b26-16+. The number of amides is 4. The Hall–Kier alpha value is -4.91. The molecular formula is C31H26N2O5. The molecule has 38 heavy (non-hydrogen) atoms. The lowest BCUT2D eigenvalue weighted by Crippen LogP contribution is -2.54. The number of nitrogens with one attached hydrogen (secondary N) is 1. The summed E-state index contributed by atoms with van der Waals surface area (Å²) in [7, 11) is 1.52. The molecule has 1 fully saturated rings. The molecule has 4 amide bonds. The summed E-state index contributed by atoms with van der Waals surface area (Å²) in [5.41, 5.74) is 3.62. The van der Waals surface area contributed by atoms with Crippen LogP contribution in [0, 0.1) is 13.8 Å². The summed E-state index contributed by atoms with van der Waals surface area (Å²) >= 11 is 0. The monoisotopic (exact) mass is 506 g/mol. The Labute approximate surface area is 220 Å². The van der Waals surface area contributed by atoms with Crippen LogP contribution in [-0.2, 0) is 16.2 Å². The highest BCUT2D eigenvalue weighted by molar-refractivity contribution is 6.39. The number of benzene rings is 4. The largest absolute Gasteiger partial charge is 0.493 e. The van der Waals surface area contributed by atoms with Gasteiger partial charge in [0.05, 0.1) is 12.8 Å². The number of imide groups is 2. The summed E-state index contributed by atoms with van der Waals surface area (Å²) in [6.07, 6.45) is 1.44. The molecule has 4 aromatic rings. The number of hydrogen-bond acceptors (Lipinski definition) is 5. The molecular weight excluding hydrogens is 480 g/mol. The van der Waals surface area contributed by atoms with Crippen molar-refractivity contribution in [1.29, 1.82) is 0 Å². The van der Waals surface area contributed by atoms with Crippen molar-refractivity contribution in [2.75, 3.05) is 12.0 Å². The average molecular weight is 507 g/mol. The number of nitrogens with zero attached hydrogens (tertiary/aromatic N) is 1. The van der Waals surface area contributed by atoms with Gasteiger partial charge < -0.3 is 9.47 Å². The number of hydrogen-bond donors (Lipinski definition) is 1. The van der Waals surface area contributed by atoms with E-state index in [2.05, 4.69) is 23.5 Å². The summed E-state index contributed by atoms with van der Waals surface area (Å²) in [5.74, 6) is -0.477. The first-order chi connectivity index (χ1) is 18.3. The minimum absolute atomic E-state index is 0.157. The average Bonchev–Trinajstić information content (AvgIpc) is 2.89. The molecule has 0 radical (unpaired) electrons. The first-order valence-electron chi connectivity index (χ1n) is 12.1. The van der Waals surface area contributed by atoms with Gasteiger partial charge in [-0.2, -0.15) is 0 Å². The highest BCUT2D eigenvalue weighted by Gasteiger charge is 2.37. The molecule has 0 aliphatic carbocycles. The fourth-order valence-electron chi connectivity index (χ4n) is 4.61. The molecule has 0 unspecified atom stereocenters. The molecule has 1 aliphatic heterocycles. The van der Waals surface area contributed by atoms with Crippen LogP contribution in [0.4, 0.5) is 10.5 Å². The number of carbonyl (C=O) groups is 3. The number of barbiturate groups is 1. The van der Waals surface area contributed by atoms with E-state index < -0.39 is 17.8 Å². The van der Waals surface area contributed by atoms with Gasteiger partial charge >= 0.3 is 6.03 Å². The van der Waals surface area contributed by atoms with Gasteiger partial charge in [-0.3, -0.25) is 14.9 Å². The topological polar surface area (TPSA) is 84.9 Å². The molecule has 1 heterocycles. The zero-order chi connectivity index (χ0) is 26.8. The van der Waals surface area contributed by atoms with E-state index in [4.69, 9.17) is 9.47 Å². The van der Waals surface area contributed by atoms with Crippen LogP contribution >= 0.6 is 0 Å². The zero-order valence-corrected chi connectivity index (χ0v) is 21.3. The predicted octanol–water partition coefficient (Wildman–Crippen LogP) is 5.71. The fourth-order valence-corrected chi connectivity index (χ4v) is 4.61. The SMILES string of the molecule is COc1cc(/C=C2\C(=O)NC(=O)N(c3cc(C)cc(C)c3)C2=O)ccc1OCc1cccc2ccccc12. The quantitative estimate of drug-likeness (QED) is 0.267. The summed E-state index contributed by atoms with van der Waals surface area (Å²) in [5, 5.41) is 4.51. The van der Waals surface area contributed by atoms with Gasteiger partial charge in [0.1, 0.15) is 12.2 Å². The predicted molar refractivity (Wildman–Crippen MR) is 146 cm³/mol. The smallest absolute Gasteiger partial charge is 0.335 e. The highest BCUT2D eigenvalue weighted by atomic mass is 16.5. The van der Waals surface area contributed by atoms with Crippen molar-refractivity contribution in [3.63, 3.8) is 0 Å². The van der Waals surface area contributed by atoms with Crippen molar-refractivity contribution >= 4 is 40.4 Å². The van der Waals surface area contributed by atoms with Gasteiger partial charge in [-0.05, 0) is 77.2 Å². The van der Waals surface area contributed by atoms with E-state index in [-0.39, 0.29) is 5.57 Å². The van der Waals surface area contributed by atoms with Crippen LogP contribution in [0.3, 0.4) is 0 Å². The number of rotatable bonds is 6. The summed E-state index contributed by atoms with van der Waals surface area (Å²) in [6.45, 7) is 4.09. The molecule has 1 aliphatic rings. The lowest BCUT2D eigenvalue weighted by atomic mass is 10.0.